The van der Waals surface area contributed by atoms with Crippen LogP contribution in [0.15, 0.2) is 60.7 Å². The van der Waals surface area contributed by atoms with E-state index in [-0.39, 0.29) is 0 Å². The van der Waals surface area contributed by atoms with Crippen LogP contribution in [0.2, 0.25) is 0 Å². The molecule has 0 N–H and O–H groups in total. The maximum absolute atomic E-state index is 8.25. The van der Waals surface area contributed by atoms with Crippen molar-refractivity contribution in [3.63, 3.8) is 0 Å². The topological polar surface area (TPSA) is 32.3 Å². The minimum absolute atomic E-state index is 0.349. The minimum atomic E-state index is 0.349. The normalized spacial score (nSPS) is 10.4. The van der Waals surface area contributed by atoms with Crippen molar-refractivity contribution in [2.75, 3.05) is 21.3 Å². The van der Waals surface area contributed by atoms with Gasteiger partial charge in [0.05, 0.1) is 7.11 Å². The van der Waals surface area contributed by atoms with E-state index in [2.05, 4.69) is 24.3 Å². The van der Waals surface area contributed by atoms with Crippen LogP contribution in [-0.4, -0.2) is 21.3 Å². The fourth-order valence-electron chi connectivity index (χ4n) is 1.78. The van der Waals surface area contributed by atoms with Crippen LogP contribution in [-0.2, 0) is 4.84 Å². The van der Waals surface area contributed by atoms with Gasteiger partial charge in [0, 0.05) is 24.3 Å². The van der Waals surface area contributed by atoms with Crippen molar-refractivity contribution in [2.24, 2.45) is 0 Å². The number of quaternary nitrogens is 1. The molecule has 96 valence electrons. The van der Waals surface area contributed by atoms with Gasteiger partial charge in [-0.15, -0.1) is 4.65 Å². The number of nitrogens with zero attached hydrogens (tertiary/aromatic N) is 1. The quantitative estimate of drug-likeness (QED) is 0.614. The van der Waals surface area contributed by atoms with Crippen molar-refractivity contribution in [3.8, 4) is 0 Å². The average Bonchev–Trinajstić information content (AvgIpc) is 2.50. The van der Waals surface area contributed by atoms with Crippen LogP contribution in [0.25, 0.3) is 0 Å². The largest absolute Gasteiger partial charge is 0.857 e. The molecule has 0 radical (unpaired) electrons. The Bertz CT molecular complexity index is 403. The lowest BCUT2D eigenvalue weighted by atomic mass is 10.2. The highest BCUT2D eigenvalue weighted by molar-refractivity contribution is 5.54. The zero-order chi connectivity index (χ0) is 13.4. The predicted octanol–water partition coefficient (Wildman–Crippen LogP) is 2.49. The summed E-state index contributed by atoms with van der Waals surface area (Å²) in [7, 11) is 4.50. The number of hydrogen-bond donors (Lipinski definition) is 0. The van der Waals surface area contributed by atoms with Crippen LogP contribution in [0, 0.1) is 0 Å². The lowest BCUT2D eigenvalue weighted by Gasteiger charge is -2.28. The first-order valence-corrected chi connectivity index (χ1v) is 5.71. The zero-order valence-corrected chi connectivity index (χ0v) is 11.0. The summed E-state index contributed by atoms with van der Waals surface area (Å²) < 4.78 is 0.349. The Kier molecular flexibility index (Phi) is 5.52. The minimum Gasteiger partial charge on any atom is -0.857 e. The molecule has 0 spiro atoms. The lowest BCUT2D eigenvalue weighted by Crippen LogP contribution is -2.38. The molecule has 0 aliphatic carbocycles. The van der Waals surface area contributed by atoms with Crippen LogP contribution >= 0.6 is 0 Å². The Morgan fingerprint density at radius 1 is 0.778 bits per heavy atom. The van der Waals surface area contributed by atoms with Gasteiger partial charge in [-0.3, -0.25) is 0 Å². The van der Waals surface area contributed by atoms with Crippen molar-refractivity contribution in [3.05, 3.63) is 60.7 Å². The Hall–Kier alpha value is -1.68. The SMILES string of the molecule is CO[N+](C)(c1ccccc1)c1ccccc1.C[O-]. The maximum atomic E-state index is 8.25. The number of rotatable bonds is 3. The predicted molar refractivity (Wildman–Crippen MR) is 73.2 cm³/mol. The first-order valence-electron chi connectivity index (χ1n) is 5.71. The Morgan fingerprint density at radius 2 is 1.11 bits per heavy atom. The molecule has 0 bridgehead atoms. The third-order valence-electron chi connectivity index (χ3n) is 2.86. The van der Waals surface area contributed by atoms with Gasteiger partial charge in [0.1, 0.15) is 7.05 Å². The fraction of sp³-hybridized carbons (Fsp3) is 0.200. The second kappa shape index (κ2) is 6.91. The van der Waals surface area contributed by atoms with Crippen molar-refractivity contribution in [1.82, 2.24) is 4.65 Å². The van der Waals surface area contributed by atoms with Crippen molar-refractivity contribution < 1.29 is 9.94 Å². The van der Waals surface area contributed by atoms with Crippen molar-refractivity contribution in [1.29, 1.82) is 0 Å². The Labute approximate surface area is 108 Å². The molecule has 18 heavy (non-hydrogen) atoms. The fourth-order valence-corrected chi connectivity index (χ4v) is 1.78. The number of para-hydroxylation sites is 2. The van der Waals surface area contributed by atoms with E-state index in [0.29, 0.717) is 4.65 Å². The van der Waals surface area contributed by atoms with Crippen LogP contribution in [0.3, 0.4) is 0 Å². The van der Waals surface area contributed by atoms with Gasteiger partial charge in [0.25, 0.3) is 0 Å². The summed E-state index contributed by atoms with van der Waals surface area (Å²) in [6.45, 7) is 0. The molecule has 0 heterocycles. The summed E-state index contributed by atoms with van der Waals surface area (Å²) in [5.41, 5.74) is 2.22. The van der Waals surface area contributed by atoms with Gasteiger partial charge in [-0.2, -0.15) is 11.9 Å². The molecule has 0 saturated heterocycles. The highest BCUT2D eigenvalue weighted by Crippen LogP contribution is 2.31. The van der Waals surface area contributed by atoms with E-state index in [1.54, 1.807) is 7.11 Å². The van der Waals surface area contributed by atoms with Crippen LogP contribution in [0.4, 0.5) is 11.4 Å². The summed E-state index contributed by atoms with van der Waals surface area (Å²) in [4.78, 5) is 5.65. The summed E-state index contributed by atoms with van der Waals surface area (Å²) in [6, 6.07) is 20.4. The van der Waals surface area contributed by atoms with Gasteiger partial charge in [0.15, 0.2) is 11.4 Å². The first kappa shape index (κ1) is 14.4. The van der Waals surface area contributed by atoms with E-state index in [4.69, 9.17) is 9.94 Å². The second-order valence-corrected chi connectivity index (χ2v) is 3.78. The molecule has 0 fully saturated rings. The molecule has 3 heteroatoms. The summed E-state index contributed by atoms with van der Waals surface area (Å²) in [5.74, 6) is 0. The van der Waals surface area contributed by atoms with E-state index >= 15 is 0 Å². The van der Waals surface area contributed by atoms with E-state index in [9.17, 15) is 0 Å². The summed E-state index contributed by atoms with van der Waals surface area (Å²) in [5, 5.41) is 8.25. The van der Waals surface area contributed by atoms with Gasteiger partial charge in [-0.25, -0.2) is 0 Å². The van der Waals surface area contributed by atoms with E-state index in [1.165, 1.54) is 0 Å². The molecule has 0 aliphatic rings. The summed E-state index contributed by atoms with van der Waals surface area (Å²) in [6.07, 6.45) is 0. The molecule has 2 aromatic carbocycles. The monoisotopic (exact) mass is 245 g/mol. The van der Waals surface area contributed by atoms with E-state index < -0.39 is 0 Å². The van der Waals surface area contributed by atoms with Crippen LogP contribution < -0.4 is 9.75 Å². The van der Waals surface area contributed by atoms with Crippen LogP contribution in [0.5, 0.6) is 0 Å². The zero-order valence-electron chi connectivity index (χ0n) is 11.0. The third kappa shape index (κ3) is 2.96. The molecular formula is C15H19NO2. The van der Waals surface area contributed by atoms with Crippen molar-refractivity contribution in [2.45, 2.75) is 0 Å². The number of hydrogen-bond acceptors (Lipinski definition) is 2. The maximum Gasteiger partial charge on any atom is 0.170 e. The van der Waals surface area contributed by atoms with Gasteiger partial charge in [-0.1, -0.05) is 36.4 Å². The second-order valence-electron chi connectivity index (χ2n) is 3.78. The molecule has 0 aliphatic heterocycles. The molecule has 0 aromatic heterocycles. The van der Waals surface area contributed by atoms with Gasteiger partial charge >= 0.3 is 0 Å². The first-order chi connectivity index (χ1) is 8.77. The van der Waals surface area contributed by atoms with Crippen LogP contribution in [0.1, 0.15) is 0 Å². The molecule has 0 unspecified atom stereocenters. The highest BCUT2D eigenvalue weighted by Gasteiger charge is 2.28. The number of benzene rings is 2. The van der Waals surface area contributed by atoms with Gasteiger partial charge < -0.3 is 5.11 Å². The number of hydroxylamine groups is 1. The molecule has 0 amide bonds. The third-order valence-corrected chi connectivity index (χ3v) is 2.86. The lowest BCUT2D eigenvalue weighted by molar-refractivity contribution is -0.325. The van der Waals surface area contributed by atoms with Crippen molar-refractivity contribution >= 4 is 11.4 Å². The van der Waals surface area contributed by atoms with E-state index in [1.807, 2.05) is 43.4 Å². The van der Waals surface area contributed by atoms with Gasteiger partial charge in [-0.05, 0) is 0 Å². The standard InChI is InChI=1S/C14H16NO.CH3O/c1-15(16-2,13-9-5-3-6-10-13)14-11-7-4-8-12-14;1-2/h3-12H,1-2H3;1H3/q+1;-1. The van der Waals surface area contributed by atoms with Gasteiger partial charge in [0.2, 0.25) is 0 Å². The molecule has 0 saturated carbocycles. The summed E-state index contributed by atoms with van der Waals surface area (Å²) >= 11 is 0. The average molecular weight is 245 g/mol. The smallest absolute Gasteiger partial charge is 0.170 e. The molecule has 3 nitrogen and oxygen atoms in total. The molecular weight excluding hydrogens is 226 g/mol. The highest BCUT2D eigenvalue weighted by atomic mass is 16.7. The Morgan fingerprint density at radius 3 is 1.39 bits per heavy atom. The molecule has 2 rings (SSSR count). The van der Waals surface area contributed by atoms with E-state index in [0.717, 1.165) is 18.5 Å². The Balaban J connectivity index is 0.000000771. The molecule has 0 atom stereocenters. The molecule has 2 aromatic rings.